The highest BCUT2D eigenvalue weighted by atomic mass is 127. The first-order valence-electron chi connectivity index (χ1n) is 8.98. The van der Waals surface area contributed by atoms with Gasteiger partial charge in [-0.05, 0) is 19.3 Å². The van der Waals surface area contributed by atoms with Crippen LogP contribution in [0.4, 0.5) is 4.79 Å². The van der Waals surface area contributed by atoms with Gasteiger partial charge in [-0.15, -0.1) is 0 Å². The third-order valence-corrected chi connectivity index (χ3v) is 7.20. The molecular weight excluding hydrogens is 465 g/mol. The van der Waals surface area contributed by atoms with Gasteiger partial charge >= 0.3 is 6.03 Å². The topological polar surface area (TPSA) is 114 Å². The fourth-order valence-corrected chi connectivity index (χ4v) is 3.81. The van der Waals surface area contributed by atoms with E-state index in [-0.39, 0.29) is 9.84 Å². The third kappa shape index (κ3) is 4.82. The molecule has 8 nitrogen and oxygen atoms in total. The molecule has 27 heavy (non-hydrogen) atoms. The largest absolute Gasteiger partial charge is 0.388 e. The zero-order valence-corrected chi connectivity index (χ0v) is 18.1. The fraction of sp³-hybridized carbons (Fsp3) is 0.667. The third-order valence-electron chi connectivity index (χ3n) is 5.23. The molecule has 2 rings (SSSR count). The summed E-state index contributed by atoms with van der Waals surface area (Å²) in [5, 5.41) is 13.3. The van der Waals surface area contributed by atoms with Gasteiger partial charge in [-0.2, -0.15) is 0 Å². The molecule has 4 atom stereocenters. The van der Waals surface area contributed by atoms with Crippen molar-refractivity contribution in [3.63, 3.8) is 0 Å². The summed E-state index contributed by atoms with van der Waals surface area (Å²) < 4.78 is 11.5. The van der Waals surface area contributed by atoms with E-state index >= 15 is 0 Å². The number of nitrogens with two attached hydrogens (primary N) is 1. The Labute approximate surface area is 173 Å². The van der Waals surface area contributed by atoms with Crippen molar-refractivity contribution in [3.05, 3.63) is 24.0 Å². The summed E-state index contributed by atoms with van der Waals surface area (Å²) >= 11 is 2.41. The van der Waals surface area contributed by atoms with E-state index in [0.29, 0.717) is 17.7 Å². The number of nitrogens with one attached hydrogen (secondary N) is 1. The first-order chi connectivity index (χ1) is 12.7. The number of rotatable bonds is 8. The van der Waals surface area contributed by atoms with Crippen molar-refractivity contribution < 1.29 is 24.2 Å². The van der Waals surface area contributed by atoms with Gasteiger partial charge in [0.15, 0.2) is 6.23 Å². The predicted molar refractivity (Wildman–Crippen MR) is 109 cm³/mol. The van der Waals surface area contributed by atoms with E-state index in [9.17, 15) is 14.7 Å². The highest BCUT2D eigenvalue weighted by molar-refractivity contribution is 14.1. The van der Waals surface area contributed by atoms with Crippen LogP contribution in [0.25, 0.3) is 0 Å². The maximum absolute atomic E-state index is 12.5. The van der Waals surface area contributed by atoms with E-state index in [4.69, 9.17) is 15.2 Å². The molecule has 0 spiro atoms. The Morgan fingerprint density at radius 3 is 2.67 bits per heavy atom. The minimum Gasteiger partial charge on any atom is -0.388 e. The van der Waals surface area contributed by atoms with Gasteiger partial charge in [-0.25, -0.2) is 4.79 Å². The summed E-state index contributed by atoms with van der Waals surface area (Å²) in [7, 11) is 1.47. The Kier molecular flexibility index (Phi) is 7.28. The van der Waals surface area contributed by atoms with Crippen LogP contribution in [0.5, 0.6) is 0 Å². The Morgan fingerprint density at radius 2 is 2.15 bits per heavy atom. The Morgan fingerprint density at radius 1 is 1.52 bits per heavy atom. The molecule has 152 valence electrons. The van der Waals surface area contributed by atoms with Gasteiger partial charge in [-0.1, -0.05) is 43.0 Å². The zero-order chi connectivity index (χ0) is 20.4. The number of aliphatic hydroxyl groups is 1. The Balaban J connectivity index is 2.27. The number of carbonyl (C=O) groups is 2. The molecule has 0 radical (unpaired) electrons. The van der Waals surface area contributed by atoms with Gasteiger partial charge in [0.05, 0.1) is 12.5 Å². The second-order valence-electron chi connectivity index (χ2n) is 6.93. The number of ether oxygens (including phenoxy) is 2. The van der Waals surface area contributed by atoms with E-state index in [2.05, 4.69) is 48.3 Å². The summed E-state index contributed by atoms with van der Waals surface area (Å²) in [4.78, 5) is 25.1. The highest BCUT2D eigenvalue weighted by Gasteiger charge is 2.50. The van der Waals surface area contributed by atoms with Crippen molar-refractivity contribution in [2.24, 2.45) is 5.73 Å². The lowest BCUT2D eigenvalue weighted by molar-refractivity contribution is -0.117. The molecule has 1 fully saturated rings. The smallest absolute Gasteiger partial charge is 0.328 e. The predicted octanol–water partition coefficient (Wildman–Crippen LogP) is 1.77. The molecule has 1 unspecified atom stereocenters. The number of alkyl halides is 1. The molecule has 0 aliphatic carbocycles. The molecular formula is C18H28IN3O5. The number of allylic oxidation sites excluding steroid dienone is 1. The molecule has 4 N–H and O–H groups in total. The first kappa shape index (κ1) is 22.1. The quantitative estimate of drug-likeness (QED) is 0.352. The number of hydrogen-bond donors (Lipinski definition) is 3. The highest BCUT2D eigenvalue weighted by Crippen LogP contribution is 2.39. The molecule has 0 saturated carbocycles. The molecule has 2 aliphatic heterocycles. The van der Waals surface area contributed by atoms with Crippen molar-refractivity contribution in [2.45, 2.75) is 67.5 Å². The number of nitrogens with zero attached hydrogens (tertiary/aromatic N) is 1. The summed E-state index contributed by atoms with van der Waals surface area (Å²) in [6.45, 7) is 7.95. The van der Waals surface area contributed by atoms with Crippen LogP contribution >= 0.6 is 22.6 Å². The standard InChI is InChI=1S/C18H28IN3O5/c1-5-18(19,6-2)8-12-14(24)15(26-4)16(27-12)22-9-11(7-13(20)23)10(3)21-17(22)25/h9,12,14-16,24H,3,5-8H2,1-2,4H3,(H2,20,23)(H,21,25)/t12-,14-,15-,16?/m1/s1. The summed E-state index contributed by atoms with van der Waals surface area (Å²) in [6, 6.07) is -0.458. The van der Waals surface area contributed by atoms with E-state index in [1.54, 1.807) is 0 Å². The van der Waals surface area contributed by atoms with Crippen molar-refractivity contribution in [3.8, 4) is 0 Å². The van der Waals surface area contributed by atoms with E-state index in [1.807, 2.05) is 0 Å². The second-order valence-corrected chi connectivity index (χ2v) is 9.22. The van der Waals surface area contributed by atoms with Crippen LogP contribution < -0.4 is 11.1 Å². The molecule has 0 bridgehead atoms. The van der Waals surface area contributed by atoms with Crippen LogP contribution in [0.2, 0.25) is 0 Å². The average Bonchev–Trinajstić information content (AvgIpc) is 2.92. The van der Waals surface area contributed by atoms with Gasteiger partial charge < -0.3 is 25.6 Å². The molecule has 3 amide bonds. The summed E-state index contributed by atoms with van der Waals surface area (Å²) in [5.41, 5.74) is 6.08. The number of primary amides is 1. The van der Waals surface area contributed by atoms with Gasteiger partial charge in [0.1, 0.15) is 12.2 Å². The van der Waals surface area contributed by atoms with Crippen molar-refractivity contribution in [1.82, 2.24) is 10.2 Å². The van der Waals surface area contributed by atoms with Crippen LogP contribution in [0.15, 0.2) is 24.0 Å². The number of aliphatic hydroxyl groups excluding tert-OH is 1. The van der Waals surface area contributed by atoms with Crippen LogP contribution in [-0.2, 0) is 14.3 Å². The first-order valence-corrected chi connectivity index (χ1v) is 10.1. The van der Waals surface area contributed by atoms with E-state index < -0.39 is 36.5 Å². The lowest BCUT2D eigenvalue weighted by atomic mass is 9.93. The summed E-state index contributed by atoms with van der Waals surface area (Å²) in [6.07, 6.45) is 1.06. The minimum absolute atomic E-state index is 0.0119. The van der Waals surface area contributed by atoms with Crippen molar-refractivity contribution >= 4 is 34.5 Å². The number of hydrogen-bond acceptors (Lipinski definition) is 5. The van der Waals surface area contributed by atoms with Crippen LogP contribution in [0, 0.1) is 0 Å². The Hall–Kier alpha value is -1.17. The number of carbonyl (C=O) groups excluding carboxylic acids is 2. The molecule has 0 aromatic heterocycles. The van der Waals surface area contributed by atoms with Gasteiger partial charge in [-0.3, -0.25) is 9.69 Å². The van der Waals surface area contributed by atoms with Crippen molar-refractivity contribution in [2.75, 3.05) is 7.11 Å². The van der Waals surface area contributed by atoms with Crippen molar-refractivity contribution in [1.29, 1.82) is 0 Å². The van der Waals surface area contributed by atoms with Crippen LogP contribution in [0.3, 0.4) is 0 Å². The number of methoxy groups -OCH3 is 1. The maximum Gasteiger partial charge on any atom is 0.328 e. The van der Waals surface area contributed by atoms with E-state index in [1.165, 1.54) is 18.2 Å². The average molecular weight is 493 g/mol. The van der Waals surface area contributed by atoms with Gasteiger partial charge in [0.2, 0.25) is 5.91 Å². The lowest BCUT2D eigenvalue weighted by Gasteiger charge is -2.33. The SMILES string of the molecule is C=C1NC(=O)N(C2O[C@H](CC(I)(CC)CC)[C@@H](O)[C@H]2OC)C=C1CC(N)=O. The zero-order valence-electron chi connectivity index (χ0n) is 15.9. The Bertz CT molecular complexity index is 634. The van der Waals surface area contributed by atoms with Crippen LogP contribution in [-0.4, -0.2) is 57.0 Å². The second kappa shape index (κ2) is 8.89. The van der Waals surface area contributed by atoms with Gasteiger partial charge in [0.25, 0.3) is 0 Å². The normalized spacial score (nSPS) is 28.9. The lowest BCUT2D eigenvalue weighted by Crippen LogP contribution is -2.51. The molecule has 2 heterocycles. The molecule has 2 aliphatic rings. The molecule has 0 aromatic carbocycles. The maximum atomic E-state index is 12.5. The summed E-state index contributed by atoms with van der Waals surface area (Å²) in [5.74, 6) is -0.535. The number of urea groups is 1. The van der Waals surface area contributed by atoms with Crippen LogP contribution in [0.1, 0.15) is 39.5 Å². The van der Waals surface area contributed by atoms with Gasteiger partial charge in [0, 0.05) is 28.0 Å². The molecule has 1 saturated heterocycles. The number of amides is 3. The monoisotopic (exact) mass is 493 g/mol. The molecule has 9 heteroatoms. The minimum atomic E-state index is -0.877. The molecule has 0 aromatic rings. The number of halogens is 1. The van der Waals surface area contributed by atoms with E-state index in [0.717, 1.165) is 12.8 Å². The fourth-order valence-electron chi connectivity index (χ4n) is 3.37.